The minimum Gasteiger partial charge on any atom is -0.491 e. The van der Waals surface area contributed by atoms with Gasteiger partial charge in [0.2, 0.25) is 0 Å². The fourth-order valence-corrected chi connectivity index (χ4v) is 2.13. The Morgan fingerprint density at radius 3 is 2.83 bits per heavy atom. The Morgan fingerprint density at radius 1 is 1.39 bits per heavy atom. The molecular formula is C15H23NO2. The van der Waals surface area contributed by atoms with E-state index in [1.165, 1.54) is 0 Å². The molecule has 1 atom stereocenters. The second kappa shape index (κ2) is 5.19. The number of β-amino-alcohol motifs (C(OH)–C–C–N with tert-alkyl or cyclic N) is 1. The molecule has 3 heteroatoms. The van der Waals surface area contributed by atoms with Crippen molar-refractivity contribution in [2.45, 2.75) is 32.8 Å². The molecule has 1 unspecified atom stereocenters. The summed E-state index contributed by atoms with van der Waals surface area (Å²) in [6, 6.07) is 8.07. The Bertz CT molecular complexity index is 401. The van der Waals surface area contributed by atoms with Crippen LogP contribution in [0.15, 0.2) is 24.3 Å². The molecule has 1 aromatic carbocycles. The quantitative estimate of drug-likeness (QED) is 0.894. The Labute approximate surface area is 109 Å². The average molecular weight is 249 g/mol. The van der Waals surface area contributed by atoms with E-state index < -0.39 is 5.60 Å². The zero-order valence-corrected chi connectivity index (χ0v) is 11.5. The van der Waals surface area contributed by atoms with Gasteiger partial charge in [0.1, 0.15) is 5.75 Å². The summed E-state index contributed by atoms with van der Waals surface area (Å²) in [6.45, 7) is 8.34. The number of fused-ring (bicyclic) bond motifs is 1. The van der Waals surface area contributed by atoms with Gasteiger partial charge in [-0.2, -0.15) is 0 Å². The molecule has 0 saturated heterocycles. The molecule has 18 heavy (non-hydrogen) atoms. The molecule has 0 spiro atoms. The lowest BCUT2D eigenvalue weighted by Crippen LogP contribution is -2.45. The molecule has 3 nitrogen and oxygen atoms in total. The van der Waals surface area contributed by atoms with E-state index in [9.17, 15) is 5.11 Å². The van der Waals surface area contributed by atoms with Crippen LogP contribution in [0.2, 0.25) is 0 Å². The first kappa shape index (κ1) is 13.2. The Hall–Kier alpha value is -1.22. The van der Waals surface area contributed by atoms with Crippen LogP contribution in [0.1, 0.15) is 27.2 Å². The topological polar surface area (TPSA) is 32.7 Å². The van der Waals surface area contributed by atoms with E-state index in [2.05, 4.69) is 24.8 Å². The normalized spacial score (nSPS) is 18.8. The van der Waals surface area contributed by atoms with Gasteiger partial charge in [-0.05, 0) is 31.4 Å². The number of ether oxygens (including phenoxy) is 1. The molecule has 1 aliphatic rings. The van der Waals surface area contributed by atoms with E-state index in [4.69, 9.17) is 4.74 Å². The van der Waals surface area contributed by atoms with Gasteiger partial charge < -0.3 is 14.7 Å². The predicted octanol–water partition coefficient (Wildman–Crippen LogP) is 2.68. The van der Waals surface area contributed by atoms with Crippen molar-refractivity contribution in [3.8, 4) is 5.75 Å². The summed E-state index contributed by atoms with van der Waals surface area (Å²) in [5, 5.41) is 10.5. The van der Waals surface area contributed by atoms with E-state index in [1.807, 2.05) is 25.1 Å². The largest absolute Gasteiger partial charge is 0.491 e. The van der Waals surface area contributed by atoms with Crippen LogP contribution < -0.4 is 9.64 Å². The third kappa shape index (κ3) is 2.78. The highest BCUT2D eigenvalue weighted by molar-refractivity contribution is 5.59. The number of hydrogen-bond acceptors (Lipinski definition) is 3. The number of rotatable bonds is 3. The van der Waals surface area contributed by atoms with Crippen molar-refractivity contribution >= 4 is 5.69 Å². The Kier molecular flexibility index (Phi) is 3.81. The fourth-order valence-electron chi connectivity index (χ4n) is 2.13. The minimum absolute atomic E-state index is 0.230. The number of anilines is 1. The lowest BCUT2D eigenvalue weighted by molar-refractivity contribution is 0.0206. The minimum atomic E-state index is -0.683. The molecule has 1 heterocycles. The van der Waals surface area contributed by atoms with E-state index in [0.29, 0.717) is 6.54 Å². The van der Waals surface area contributed by atoms with E-state index in [1.54, 1.807) is 0 Å². The molecule has 1 aromatic rings. The zero-order valence-electron chi connectivity index (χ0n) is 11.5. The monoisotopic (exact) mass is 249 g/mol. The van der Waals surface area contributed by atoms with Gasteiger partial charge in [-0.15, -0.1) is 0 Å². The molecule has 0 amide bonds. The summed E-state index contributed by atoms with van der Waals surface area (Å²) in [5.41, 5.74) is 0.410. The highest BCUT2D eigenvalue weighted by Crippen LogP contribution is 2.32. The molecule has 0 radical (unpaired) electrons. The number of aliphatic hydroxyl groups is 1. The maximum atomic E-state index is 10.5. The van der Waals surface area contributed by atoms with Crippen LogP contribution in [0.25, 0.3) is 0 Å². The van der Waals surface area contributed by atoms with Crippen molar-refractivity contribution < 1.29 is 9.84 Å². The fraction of sp³-hybridized carbons (Fsp3) is 0.600. The van der Waals surface area contributed by atoms with Crippen LogP contribution in [0.4, 0.5) is 5.69 Å². The van der Waals surface area contributed by atoms with Gasteiger partial charge in [-0.1, -0.05) is 26.0 Å². The smallest absolute Gasteiger partial charge is 0.142 e. The molecule has 1 N–H and O–H groups in total. The summed E-state index contributed by atoms with van der Waals surface area (Å²) in [7, 11) is 0. The lowest BCUT2D eigenvalue weighted by atomic mass is 9.91. The third-order valence-electron chi connectivity index (χ3n) is 3.79. The van der Waals surface area contributed by atoms with E-state index in [0.717, 1.165) is 31.0 Å². The van der Waals surface area contributed by atoms with Crippen LogP contribution in [-0.4, -0.2) is 30.4 Å². The summed E-state index contributed by atoms with van der Waals surface area (Å²) < 4.78 is 5.73. The van der Waals surface area contributed by atoms with Gasteiger partial charge in [0.05, 0.1) is 17.9 Å². The molecule has 0 fully saturated rings. The van der Waals surface area contributed by atoms with Crippen molar-refractivity contribution in [1.29, 1.82) is 0 Å². The molecule has 2 rings (SSSR count). The van der Waals surface area contributed by atoms with Crippen LogP contribution in [0, 0.1) is 5.92 Å². The van der Waals surface area contributed by atoms with Gasteiger partial charge in [0, 0.05) is 13.1 Å². The van der Waals surface area contributed by atoms with Crippen LogP contribution >= 0.6 is 0 Å². The molecule has 0 aliphatic carbocycles. The first-order chi connectivity index (χ1) is 8.50. The van der Waals surface area contributed by atoms with Gasteiger partial charge in [0.15, 0.2) is 0 Å². The SMILES string of the molecule is CC(C)C(C)(O)CN1CCCOc2ccccc21. The van der Waals surface area contributed by atoms with Crippen LogP contribution in [0.3, 0.4) is 0 Å². The van der Waals surface area contributed by atoms with Crippen molar-refractivity contribution in [3.63, 3.8) is 0 Å². The highest BCUT2D eigenvalue weighted by atomic mass is 16.5. The summed E-state index contributed by atoms with van der Waals surface area (Å²) in [6.07, 6.45) is 0.989. The Morgan fingerprint density at radius 2 is 2.11 bits per heavy atom. The highest BCUT2D eigenvalue weighted by Gasteiger charge is 2.29. The predicted molar refractivity (Wildman–Crippen MR) is 74.2 cm³/mol. The van der Waals surface area contributed by atoms with Gasteiger partial charge in [0.25, 0.3) is 0 Å². The van der Waals surface area contributed by atoms with Crippen molar-refractivity contribution in [2.75, 3.05) is 24.6 Å². The van der Waals surface area contributed by atoms with Crippen molar-refractivity contribution in [1.82, 2.24) is 0 Å². The van der Waals surface area contributed by atoms with Crippen molar-refractivity contribution in [3.05, 3.63) is 24.3 Å². The van der Waals surface area contributed by atoms with Gasteiger partial charge in [-0.3, -0.25) is 0 Å². The van der Waals surface area contributed by atoms with Gasteiger partial charge in [-0.25, -0.2) is 0 Å². The average Bonchev–Trinajstić information content (AvgIpc) is 2.52. The van der Waals surface area contributed by atoms with Crippen LogP contribution in [0.5, 0.6) is 5.75 Å². The number of hydrogen-bond donors (Lipinski definition) is 1. The zero-order chi connectivity index (χ0) is 13.2. The standard InChI is InChI=1S/C15H23NO2/c1-12(2)15(3,17)11-16-9-6-10-18-14-8-5-4-7-13(14)16/h4-5,7-8,12,17H,6,9-11H2,1-3H3. The summed E-state index contributed by atoms with van der Waals surface area (Å²) >= 11 is 0. The second-order valence-electron chi connectivity index (χ2n) is 5.60. The van der Waals surface area contributed by atoms with Gasteiger partial charge >= 0.3 is 0 Å². The summed E-state index contributed by atoms with van der Waals surface area (Å²) in [4.78, 5) is 2.24. The molecule has 0 saturated carbocycles. The maximum absolute atomic E-state index is 10.5. The summed E-state index contributed by atoms with van der Waals surface area (Å²) in [5.74, 6) is 1.16. The first-order valence-electron chi connectivity index (χ1n) is 6.70. The third-order valence-corrected chi connectivity index (χ3v) is 3.79. The van der Waals surface area contributed by atoms with Crippen molar-refractivity contribution in [2.24, 2.45) is 5.92 Å². The molecule has 0 bridgehead atoms. The first-order valence-corrected chi connectivity index (χ1v) is 6.70. The Balaban J connectivity index is 2.23. The molecular weight excluding hydrogens is 226 g/mol. The molecule has 100 valence electrons. The van der Waals surface area contributed by atoms with E-state index >= 15 is 0 Å². The number of para-hydroxylation sites is 2. The van der Waals surface area contributed by atoms with E-state index in [-0.39, 0.29) is 5.92 Å². The lowest BCUT2D eigenvalue weighted by Gasteiger charge is -2.35. The molecule has 1 aliphatic heterocycles. The molecule has 0 aromatic heterocycles. The number of nitrogens with zero attached hydrogens (tertiary/aromatic N) is 1. The van der Waals surface area contributed by atoms with Crippen LogP contribution in [-0.2, 0) is 0 Å². The number of benzene rings is 1. The maximum Gasteiger partial charge on any atom is 0.142 e. The second-order valence-corrected chi connectivity index (χ2v) is 5.60.